The molecule has 0 radical (unpaired) electrons. The van der Waals surface area contributed by atoms with E-state index in [1.165, 1.54) is 41.2 Å². The van der Waals surface area contributed by atoms with Crippen molar-refractivity contribution in [2.75, 3.05) is 53.2 Å². The van der Waals surface area contributed by atoms with E-state index in [1.807, 2.05) is 0 Å². The topological polar surface area (TPSA) is 129 Å². The Kier molecular flexibility index (Phi) is 8.94. The number of fused-ring (bicyclic) bond motifs is 1. The molecular weight excluding hydrogens is 607 g/mol. The minimum atomic E-state index is -4.68. The second kappa shape index (κ2) is 12.7. The second-order valence-electron chi connectivity index (χ2n) is 11.8. The number of alkyl halides is 3. The van der Waals surface area contributed by atoms with Gasteiger partial charge in [-0.1, -0.05) is 0 Å². The number of piperazine rings is 1. The van der Waals surface area contributed by atoms with Crippen molar-refractivity contribution in [2.45, 2.75) is 45.9 Å². The largest absolute Gasteiger partial charge is 0.444 e. The van der Waals surface area contributed by atoms with Gasteiger partial charge >= 0.3 is 18.3 Å². The Bertz CT molecular complexity index is 1640. The van der Waals surface area contributed by atoms with Crippen molar-refractivity contribution in [3.8, 4) is 11.6 Å². The molecule has 0 atom stereocenters. The fourth-order valence-corrected chi connectivity index (χ4v) is 5.18. The summed E-state index contributed by atoms with van der Waals surface area (Å²) in [6.45, 7) is 7.73. The van der Waals surface area contributed by atoms with Gasteiger partial charge in [-0.2, -0.15) is 13.2 Å². The number of halogens is 3. The SMILES string of the molecule is CC(=O)Nc1cc(Oc2ccc3c(c2)CCN3C(=O)Nc2ccc(N3CCN(C(=O)OC(C)(C)C)CC3)c(C(F)(F)F)c2)ncn1. The van der Waals surface area contributed by atoms with Crippen LogP contribution in [0.4, 0.5) is 45.6 Å². The van der Waals surface area contributed by atoms with Gasteiger partial charge in [0.25, 0.3) is 0 Å². The molecule has 0 bridgehead atoms. The maximum absolute atomic E-state index is 14.2. The van der Waals surface area contributed by atoms with E-state index in [9.17, 15) is 27.6 Å². The second-order valence-corrected chi connectivity index (χ2v) is 11.8. The molecule has 1 aromatic heterocycles. The number of amides is 4. The van der Waals surface area contributed by atoms with E-state index >= 15 is 0 Å². The Labute approximate surface area is 263 Å². The monoisotopic (exact) mass is 641 g/mol. The summed E-state index contributed by atoms with van der Waals surface area (Å²) in [7, 11) is 0. The van der Waals surface area contributed by atoms with Crippen LogP contribution >= 0.6 is 0 Å². The first kappa shape index (κ1) is 32.3. The Balaban J connectivity index is 1.25. The Hall–Kier alpha value is -5.08. The predicted molar refractivity (Wildman–Crippen MR) is 164 cm³/mol. The van der Waals surface area contributed by atoms with Crippen LogP contribution in [0.1, 0.15) is 38.8 Å². The van der Waals surface area contributed by atoms with Gasteiger partial charge in [-0.3, -0.25) is 9.69 Å². The van der Waals surface area contributed by atoms with Crippen molar-refractivity contribution in [2.24, 2.45) is 0 Å². The summed E-state index contributed by atoms with van der Waals surface area (Å²) >= 11 is 0. The van der Waals surface area contributed by atoms with E-state index in [1.54, 1.807) is 43.9 Å². The van der Waals surface area contributed by atoms with Gasteiger partial charge in [0, 0.05) is 62.8 Å². The molecule has 3 aromatic rings. The van der Waals surface area contributed by atoms with Crippen LogP contribution < -0.4 is 25.2 Å². The zero-order valence-electron chi connectivity index (χ0n) is 25.8. The third-order valence-electron chi connectivity index (χ3n) is 7.19. The lowest BCUT2D eigenvalue weighted by atomic mass is 10.1. The van der Waals surface area contributed by atoms with Crippen LogP contribution in [0.5, 0.6) is 11.6 Å². The predicted octanol–water partition coefficient (Wildman–Crippen LogP) is 5.90. The number of hydrogen-bond acceptors (Lipinski definition) is 8. The molecule has 2 aromatic carbocycles. The molecule has 1 saturated heterocycles. The lowest BCUT2D eigenvalue weighted by Crippen LogP contribution is -2.50. The molecule has 1 fully saturated rings. The summed E-state index contributed by atoms with van der Waals surface area (Å²) in [5.41, 5.74) is -0.179. The number of ether oxygens (including phenoxy) is 2. The molecule has 3 heterocycles. The fourth-order valence-electron chi connectivity index (χ4n) is 5.18. The highest BCUT2D eigenvalue weighted by atomic mass is 19.4. The van der Waals surface area contributed by atoms with Crippen LogP contribution in [0.25, 0.3) is 0 Å². The van der Waals surface area contributed by atoms with Gasteiger partial charge in [-0.05, 0) is 69.2 Å². The number of rotatable bonds is 5. The number of carbonyl (C=O) groups excluding carboxylic acids is 3. The number of hydrogen-bond donors (Lipinski definition) is 2. The molecule has 2 aliphatic rings. The summed E-state index contributed by atoms with van der Waals surface area (Å²) in [6, 6.07) is 9.69. The van der Waals surface area contributed by atoms with E-state index < -0.39 is 29.5 Å². The highest BCUT2D eigenvalue weighted by molar-refractivity contribution is 6.03. The van der Waals surface area contributed by atoms with E-state index in [-0.39, 0.29) is 55.2 Å². The number of nitrogens with zero attached hydrogens (tertiary/aromatic N) is 5. The third-order valence-corrected chi connectivity index (χ3v) is 7.19. The smallest absolute Gasteiger partial charge is 0.418 e. The molecule has 244 valence electrons. The van der Waals surface area contributed by atoms with Crippen molar-refractivity contribution in [1.29, 1.82) is 0 Å². The molecule has 0 saturated carbocycles. The number of nitrogens with one attached hydrogen (secondary N) is 2. The standard InChI is InChI=1S/C31H34F3N7O5/c1-19(42)37-26-17-27(36-18-35-26)45-22-6-8-24-20(15-22)9-10-41(24)28(43)38-21-5-7-25(23(16-21)31(32,33)34)39-11-13-40(14-12-39)29(44)46-30(2,3)4/h5-8,15-18H,9-14H2,1-4H3,(H,38,43)(H,35,36,37,42). The van der Waals surface area contributed by atoms with Crippen molar-refractivity contribution < 1.29 is 37.0 Å². The Morgan fingerprint density at radius 1 is 0.870 bits per heavy atom. The van der Waals surface area contributed by atoms with Crippen molar-refractivity contribution in [3.05, 3.63) is 59.9 Å². The van der Waals surface area contributed by atoms with Gasteiger partial charge in [-0.25, -0.2) is 19.6 Å². The molecule has 5 rings (SSSR count). The summed E-state index contributed by atoms with van der Waals surface area (Å²) in [4.78, 5) is 49.4. The van der Waals surface area contributed by atoms with Gasteiger partial charge in [0.2, 0.25) is 11.8 Å². The summed E-state index contributed by atoms with van der Waals surface area (Å²) in [6.07, 6.45) is -3.43. The minimum absolute atomic E-state index is 0.000561. The maximum Gasteiger partial charge on any atom is 0.418 e. The average Bonchev–Trinajstić information content (AvgIpc) is 3.39. The summed E-state index contributed by atoms with van der Waals surface area (Å²) in [5.74, 6) is 0.649. The molecule has 2 aliphatic heterocycles. The Morgan fingerprint density at radius 2 is 1.59 bits per heavy atom. The molecular formula is C31H34F3N7O5. The number of urea groups is 1. The Morgan fingerprint density at radius 3 is 2.26 bits per heavy atom. The minimum Gasteiger partial charge on any atom is -0.444 e. The number of benzene rings is 2. The molecule has 0 aliphatic carbocycles. The van der Waals surface area contributed by atoms with Crippen molar-refractivity contribution in [3.63, 3.8) is 0 Å². The quantitative estimate of drug-likeness (QED) is 0.353. The van der Waals surface area contributed by atoms with Crippen LogP contribution in [0, 0.1) is 0 Å². The van der Waals surface area contributed by atoms with Crippen LogP contribution in [0.3, 0.4) is 0 Å². The first-order valence-electron chi connectivity index (χ1n) is 14.6. The van der Waals surface area contributed by atoms with Crippen LogP contribution in [0.2, 0.25) is 0 Å². The van der Waals surface area contributed by atoms with Crippen LogP contribution in [-0.2, 0) is 22.1 Å². The van der Waals surface area contributed by atoms with E-state index in [0.29, 0.717) is 24.4 Å². The first-order valence-corrected chi connectivity index (χ1v) is 14.6. The zero-order chi connectivity index (χ0) is 33.2. The van der Waals surface area contributed by atoms with Crippen molar-refractivity contribution in [1.82, 2.24) is 14.9 Å². The lowest BCUT2D eigenvalue weighted by Gasteiger charge is -2.37. The van der Waals surface area contributed by atoms with Crippen LogP contribution in [0.15, 0.2) is 48.8 Å². The summed E-state index contributed by atoms with van der Waals surface area (Å²) in [5, 5.41) is 5.15. The van der Waals surface area contributed by atoms with Crippen molar-refractivity contribution >= 4 is 40.9 Å². The normalized spacial score (nSPS) is 14.9. The number of carbonyl (C=O) groups is 3. The third kappa shape index (κ3) is 7.76. The molecule has 15 heteroatoms. The van der Waals surface area contributed by atoms with E-state index in [2.05, 4.69) is 20.6 Å². The molecule has 46 heavy (non-hydrogen) atoms. The fraction of sp³-hybridized carbons (Fsp3) is 0.387. The molecule has 12 nitrogen and oxygen atoms in total. The maximum atomic E-state index is 14.2. The van der Waals surface area contributed by atoms with Gasteiger partial charge in [-0.15, -0.1) is 0 Å². The number of anilines is 4. The van der Waals surface area contributed by atoms with Gasteiger partial charge < -0.3 is 29.9 Å². The van der Waals surface area contributed by atoms with Gasteiger partial charge in [0.05, 0.1) is 5.56 Å². The average molecular weight is 642 g/mol. The summed E-state index contributed by atoms with van der Waals surface area (Å²) < 4.78 is 53.8. The van der Waals surface area contributed by atoms with Gasteiger partial charge in [0.1, 0.15) is 23.5 Å². The van der Waals surface area contributed by atoms with E-state index in [4.69, 9.17) is 9.47 Å². The zero-order valence-corrected chi connectivity index (χ0v) is 25.8. The molecule has 0 spiro atoms. The first-order chi connectivity index (χ1) is 21.7. The van der Waals surface area contributed by atoms with Gasteiger partial charge in [0.15, 0.2) is 0 Å². The lowest BCUT2D eigenvalue weighted by molar-refractivity contribution is -0.137. The molecule has 4 amide bonds. The molecule has 0 unspecified atom stereocenters. The van der Waals surface area contributed by atoms with E-state index in [0.717, 1.165) is 11.6 Å². The number of aromatic nitrogens is 2. The van der Waals surface area contributed by atoms with Crippen LogP contribution in [-0.4, -0.2) is 71.2 Å². The molecule has 2 N–H and O–H groups in total. The highest BCUT2D eigenvalue weighted by Crippen LogP contribution is 2.39. The highest BCUT2D eigenvalue weighted by Gasteiger charge is 2.37.